The number of halogens is 1. The van der Waals surface area contributed by atoms with E-state index in [0.29, 0.717) is 19.3 Å². The fourth-order valence-electron chi connectivity index (χ4n) is 3.56. The van der Waals surface area contributed by atoms with Gasteiger partial charge in [0.2, 0.25) is 0 Å². The number of pyridine rings is 1. The van der Waals surface area contributed by atoms with E-state index in [1.165, 1.54) is 5.56 Å². The van der Waals surface area contributed by atoms with Gasteiger partial charge in [-0.2, -0.15) is 0 Å². The van der Waals surface area contributed by atoms with E-state index in [1.54, 1.807) is 0 Å². The molecule has 0 unspecified atom stereocenters. The van der Waals surface area contributed by atoms with Gasteiger partial charge in [0.25, 0.3) is 0 Å². The minimum atomic E-state index is -0.643. The largest absolute Gasteiger partial charge is 0.390 e. The molecule has 0 saturated carbocycles. The van der Waals surface area contributed by atoms with Gasteiger partial charge in [-0.05, 0) is 60.7 Å². The van der Waals surface area contributed by atoms with Crippen molar-refractivity contribution in [2.45, 2.75) is 44.8 Å². The van der Waals surface area contributed by atoms with Crippen LogP contribution in [0.4, 0.5) is 5.82 Å². The van der Waals surface area contributed by atoms with Gasteiger partial charge in [-0.3, -0.25) is 0 Å². The maximum atomic E-state index is 10.7. The van der Waals surface area contributed by atoms with E-state index in [9.17, 15) is 5.11 Å². The summed E-state index contributed by atoms with van der Waals surface area (Å²) < 4.78 is 6.68. The zero-order valence-electron chi connectivity index (χ0n) is 12.7. The third-order valence-electron chi connectivity index (χ3n) is 4.94. The van der Waals surface area contributed by atoms with E-state index in [1.807, 2.05) is 13.1 Å². The molecule has 3 rings (SSSR count). The zero-order valence-corrected chi connectivity index (χ0v) is 14.3. The van der Waals surface area contributed by atoms with E-state index in [-0.39, 0.29) is 5.92 Å². The Morgan fingerprint density at radius 1 is 1.52 bits per heavy atom. The Balaban J connectivity index is 1.86. The van der Waals surface area contributed by atoms with Crippen LogP contribution in [0.3, 0.4) is 0 Å². The Kier molecular flexibility index (Phi) is 4.26. The van der Waals surface area contributed by atoms with Gasteiger partial charge in [-0.25, -0.2) is 4.98 Å². The molecule has 0 spiro atoms. The molecule has 3 atom stereocenters. The topological polar surface area (TPSA) is 45.6 Å². The van der Waals surface area contributed by atoms with Crippen molar-refractivity contribution in [3.63, 3.8) is 0 Å². The van der Waals surface area contributed by atoms with E-state index >= 15 is 0 Å². The first-order valence-electron chi connectivity index (χ1n) is 7.68. The summed E-state index contributed by atoms with van der Waals surface area (Å²) >= 11 is 3.51. The highest BCUT2D eigenvalue weighted by Crippen LogP contribution is 2.37. The van der Waals surface area contributed by atoms with Crippen molar-refractivity contribution in [1.82, 2.24) is 4.98 Å². The molecule has 21 heavy (non-hydrogen) atoms. The van der Waals surface area contributed by atoms with Crippen molar-refractivity contribution in [1.29, 1.82) is 0 Å². The Labute approximate surface area is 134 Å². The summed E-state index contributed by atoms with van der Waals surface area (Å²) in [5.41, 5.74) is 0.549. The molecule has 0 radical (unpaired) electrons. The van der Waals surface area contributed by atoms with Crippen molar-refractivity contribution in [3.05, 3.63) is 22.3 Å². The SMILES string of the molecule is Cc1cc(N2CCC[C@@H]2[C@H]2COCC[C@]2(C)O)ncc1Br. The second kappa shape index (κ2) is 5.86. The third kappa shape index (κ3) is 2.96. The molecule has 2 saturated heterocycles. The van der Waals surface area contributed by atoms with Gasteiger partial charge in [-0.1, -0.05) is 0 Å². The average Bonchev–Trinajstić information content (AvgIpc) is 2.90. The quantitative estimate of drug-likeness (QED) is 0.886. The van der Waals surface area contributed by atoms with E-state index < -0.39 is 5.60 Å². The van der Waals surface area contributed by atoms with Gasteiger partial charge in [0.05, 0.1) is 12.2 Å². The second-order valence-corrected chi connectivity index (χ2v) is 7.34. The van der Waals surface area contributed by atoms with Crippen molar-refractivity contribution in [2.75, 3.05) is 24.7 Å². The van der Waals surface area contributed by atoms with Crippen LogP contribution in [0.25, 0.3) is 0 Å². The predicted octanol–water partition coefficient (Wildman–Crippen LogP) is 2.91. The molecule has 0 aromatic carbocycles. The van der Waals surface area contributed by atoms with Gasteiger partial charge in [0.15, 0.2) is 0 Å². The monoisotopic (exact) mass is 354 g/mol. The van der Waals surface area contributed by atoms with Crippen LogP contribution < -0.4 is 4.90 Å². The molecule has 3 heterocycles. The number of ether oxygens (including phenoxy) is 1. The summed E-state index contributed by atoms with van der Waals surface area (Å²) in [6, 6.07) is 2.44. The zero-order chi connectivity index (χ0) is 15.0. The lowest BCUT2D eigenvalue weighted by atomic mass is 9.79. The van der Waals surface area contributed by atoms with Gasteiger partial charge in [0.1, 0.15) is 5.82 Å². The van der Waals surface area contributed by atoms with Gasteiger partial charge < -0.3 is 14.7 Å². The molecule has 0 amide bonds. The van der Waals surface area contributed by atoms with Crippen LogP contribution in [0.1, 0.15) is 31.7 Å². The maximum absolute atomic E-state index is 10.7. The number of anilines is 1. The number of hydrogen-bond acceptors (Lipinski definition) is 4. The van der Waals surface area contributed by atoms with Crippen LogP contribution in [0.15, 0.2) is 16.7 Å². The Morgan fingerprint density at radius 2 is 2.33 bits per heavy atom. The van der Waals surface area contributed by atoms with Crippen LogP contribution in [0.2, 0.25) is 0 Å². The minimum absolute atomic E-state index is 0.152. The first-order valence-corrected chi connectivity index (χ1v) is 8.47. The van der Waals surface area contributed by atoms with Crippen molar-refractivity contribution in [2.24, 2.45) is 5.92 Å². The van der Waals surface area contributed by atoms with Crippen molar-refractivity contribution >= 4 is 21.7 Å². The number of aryl methyl sites for hydroxylation is 1. The highest BCUT2D eigenvalue weighted by molar-refractivity contribution is 9.10. The fraction of sp³-hybridized carbons (Fsp3) is 0.688. The number of hydrogen-bond donors (Lipinski definition) is 1. The summed E-state index contributed by atoms with van der Waals surface area (Å²) in [5.74, 6) is 1.17. The molecular weight excluding hydrogens is 332 g/mol. The Morgan fingerprint density at radius 3 is 3.05 bits per heavy atom. The average molecular weight is 355 g/mol. The standard InChI is InChI=1S/C16H23BrN2O2/c1-11-8-15(18-9-13(11)17)19-6-3-4-14(19)12-10-21-7-5-16(12,2)20/h8-9,12,14,20H,3-7,10H2,1-2H3/t12-,14-,16+/m1/s1. The summed E-state index contributed by atoms with van der Waals surface area (Å²) in [5, 5.41) is 10.7. The van der Waals surface area contributed by atoms with Crippen LogP contribution >= 0.6 is 15.9 Å². The lowest BCUT2D eigenvalue weighted by Gasteiger charge is -2.43. The second-order valence-electron chi connectivity index (χ2n) is 6.48. The summed E-state index contributed by atoms with van der Waals surface area (Å²) in [4.78, 5) is 6.92. The summed E-state index contributed by atoms with van der Waals surface area (Å²) in [6.45, 7) is 6.35. The van der Waals surface area contributed by atoms with Crippen LogP contribution in [0.5, 0.6) is 0 Å². The van der Waals surface area contributed by atoms with Crippen LogP contribution in [-0.2, 0) is 4.74 Å². The molecule has 2 fully saturated rings. The van der Waals surface area contributed by atoms with Crippen molar-refractivity contribution < 1.29 is 9.84 Å². The first kappa shape index (κ1) is 15.3. The molecule has 1 aromatic rings. The molecule has 116 valence electrons. The van der Waals surface area contributed by atoms with Crippen molar-refractivity contribution in [3.8, 4) is 0 Å². The number of aromatic nitrogens is 1. The molecular formula is C16H23BrN2O2. The van der Waals surface area contributed by atoms with Gasteiger partial charge in [0, 0.05) is 35.8 Å². The highest BCUT2D eigenvalue weighted by atomic mass is 79.9. The normalized spacial score (nSPS) is 33.4. The van der Waals surface area contributed by atoms with E-state index in [0.717, 1.165) is 36.1 Å². The number of aliphatic hydroxyl groups is 1. The molecule has 5 heteroatoms. The molecule has 1 N–H and O–H groups in total. The molecule has 1 aromatic heterocycles. The van der Waals surface area contributed by atoms with Crippen LogP contribution in [0, 0.1) is 12.8 Å². The minimum Gasteiger partial charge on any atom is -0.390 e. The summed E-state index contributed by atoms with van der Waals surface area (Å²) in [6.07, 6.45) is 4.83. The highest BCUT2D eigenvalue weighted by Gasteiger charge is 2.44. The molecule has 0 bridgehead atoms. The summed E-state index contributed by atoms with van der Waals surface area (Å²) in [7, 11) is 0. The molecule has 4 nitrogen and oxygen atoms in total. The van der Waals surface area contributed by atoms with Gasteiger partial charge >= 0.3 is 0 Å². The lowest BCUT2D eigenvalue weighted by molar-refractivity contribution is -0.108. The molecule has 0 aliphatic carbocycles. The Bertz CT molecular complexity index is 521. The van der Waals surface area contributed by atoms with Crippen LogP contribution in [-0.4, -0.2) is 41.5 Å². The number of nitrogens with zero attached hydrogens (tertiary/aromatic N) is 2. The third-order valence-corrected chi connectivity index (χ3v) is 5.77. The molecule has 2 aliphatic heterocycles. The lowest BCUT2D eigenvalue weighted by Crippen LogP contribution is -2.52. The van der Waals surface area contributed by atoms with E-state index in [4.69, 9.17) is 4.74 Å². The Hall–Kier alpha value is -0.650. The predicted molar refractivity (Wildman–Crippen MR) is 86.6 cm³/mol. The molecule has 2 aliphatic rings. The maximum Gasteiger partial charge on any atom is 0.129 e. The number of rotatable bonds is 2. The smallest absolute Gasteiger partial charge is 0.129 e. The van der Waals surface area contributed by atoms with E-state index in [2.05, 4.69) is 38.8 Å². The van der Waals surface area contributed by atoms with Gasteiger partial charge in [-0.15, -0.1) is 0 Å². The fourth-order valence-corrected chi connectivity index (χ4v) is 3.77. The first-order chi connectivity index (χ1) is 9.99.